The smallest absolute Gasteiger partial charge is 0.131 e. The molecule has 1 aliphatic heterocycles. The lowest BCUT2D eigenvalue weighted by Crippen LogP contribution is -2.37. The number of nitrogens with one attached hydrogen (secondary N) is 1. The normalized spacial score (nSPS) is 20.7. The fourth-order valence-corrected chi connectivity index (χ4v) is 3.20. The van der Waals surface area contributed by atoms with Gasteiger partial charge in [-0.15, -0.1) is 0 Å². The first-order valence-electron chi connectivity index (χ1n) is 8.34. The second kappa shape index (κ2) is 6.39. The number of rotatable bonds is 3. The Bertz CT molecular complexity index is 470. The van der Waals surface area contributed by atoms with Crippen molar-refractivity contribution in [3.05, 3.63) is 11.3 Å². The van der Waals surface area contributed by atoms with Gasteiger partial charge in [0.05, 0.1) is 5.69 Å². The molecule has 0 spiro atoms. The highest BCUT2D eigenvalue weighted by Gasteiger charge is 2.25. The molecule has 1 atom stereocenters. The Morgan fingerprint density at radius 2 is 1.95 bits per heavy atom. The number of aromatic nitrogens is 2. The van der Waals surface area contributed by atoms with E-state index in [0.717, 1.165) is 18.8 Å². The molecule has 1 unspecified atom stereocenters. The molecule has 4 nitrogen and oxygen atoms in total. The Morgan fingerprint density at radius 1 is 1.24 bits per heavy atom. The molecular formula is C17H32N4. The Hall–Kier alpha value is -1.03. The summed E-state index contributed by atoms with van der Waals surface area (Å²) < 4.78 is 2.08. The van der Waals surface area contributed by atoms with Gasteiger partial charge in [-0.25, -0.2) is 0 Å². The number of aryl methyl sites for hydroxylation is 2. The molecule has 0 aromatic carbocycles. The van der Waals surface area contributed by atoms with Crippen molar-refractivity contribution in [2.45, 2.75) is 78.4 Å². The Kier molecular flexibility index (Phi) is 4.97. The Morgan fingerprint density at radius 3 is 2.62 bits per heavy atom. The quantitative estimate of drug-likeness (QED) is 0.927. The summed E-state index contributed by atoms with van der Waals surface area (Å²) in [6.45, 7) is 13.2. The van der Waals surface area contributed by atoms with E-state index in [4.69, 9.17) is 0 Å². The van der Waals surface area contributed by atoms with Crippen molar-refractivity contribution in [3.8, 4) is 0 Å². The van der Waals surface area contributed by atoms with Crippen molar-refractivity contribution in [2.24, 2.45) is 7.05 Å². The third-order valence-electron chi connectivity index (χ3n) is 4.43. The molecule has 1 aliphatic rings. The van der Waals surface area contributed by atoms with E-state index in [0.29, 0.717) is 6.04 Å². The predicted octanol–water partition coefficient (Wildman–Crippen LogP) is 3.39. The summed E-state index contributed by atoms with van der Waals surface area (Å²) in [6, 6.07) is 0.607. The zero-order valence-corrected chi connectivity index (χ0v) is 14.7. The maximum atomic E-state index is 4.69. The van der Waals surface area contributed by atoms with Crippen molar-refractivity contribution >= 4 is 5.82 Å². The van der Waals surface area contributed by atoms with Crippen molar-refractivity contribution < 1.29 is 0 Å². The summed E-state index contributed by atoms with van der Waals surface area (Å²) in [4.78, 5) is 2.58. The monoisotopic (exact) mass is 292 g/mol. The summed E-state index contributed by atoms with van der Waals surface area (Å²) in [5, 5.41) is 8.31. The Balaban J connectivity index is 2.28. The highest BCUT2D eigenvalue weighted by Crippen LogP contribution is 2.29. The van der Waals surface area contributed by atoms with Gasteiger partial charge >= 0.3 is 0 Å². The van der Waals surface area contributed by atoms with Crippen LogP contribution in [0.15, 0.2) is 0 Å². The van der Waals surface area contributed by atoms with Gasteiger partial charge in [0.15, 0.2) is 0 Å². The first-order chi connectivity index (χ1) is 9.79. The van der Waals surface area contributed by atoms with Gasteiger partial charge in [0.2, 0.25) is 0 Å². The molecule has 0 saturated carbocycles. The molecule has 1 aromatic heterocycles. The van der Waals surface area contributed by atoms with Crippen LogP contribution in [0.25, 0.3) is 0 Å². The van der Waals surface area contributed by atoms with Crippen molar-refractivity contribution in [3.63, 3.8) is 0 Å². The van der Waals surface area contributed by atoms with Gasteiger partial charge in [-0.05, 0) is 47.5 Å². The minimum atomic E-state index is 0.129. The van der Waals surface area contributed by atoms with Crippen LogP contribution in [0.1, 0.15) is 64.6 Å². The highest BCUT2D eigenvalue weighted by atomic mass is 15.4. The van der Waals surface area contributed by atoms with Gasteiger partial charge in [-0.3, -0.25) is 4.68 Å². The molecule has 0 amide bonds. The molecule has 2 rings (SSSR count). The fourth-order valence-electron chi connectivity index (χ4n) is 3.20. The third kappa shape index (κ3) is 4.00. The minimum Gasteiger partial charge on any atom is -0.354 e. The number of hydrogen-bond acceptors (Lipinski definition) is 3. The van der Waals surface area contributed by atoms with Crippen LogP contribution < -0.4 is 10.2 Å². The standard InChI is InChI=1S/C17H32N4/c1-13-10-8-7-9-11-21(13)16-15(12-18-17(3,4)5)14(2)19-20(16)6/h13,18H,7-12H2,1-6H3. The molecule has 120 valence electrons. The molecular weight excluding hydrogens is 260 g/mol. The van der Waals surface area contributed by atoms with Crippen LogP contribution in [0.4, 0.5) is 5.82 Å². The fraction of sp³-hybridized carbons (Fsp3) is 0.824. The molecule has 0 bridgehead atoms. The van der Waals surface area contributed by atoms with Crippen LogP contribution in [0.5, 0.6) is 0 Å². The lowest BCUT2D eigenvalue weighted by Gasteiger charge is -2.31. The van der Waals surface area contributed by atoms with Crippen LogP contribution in [0.2, 0.25) is 0 Å². The van der Waals surface area contributed by atoms with Crippen molar-refractivity contribution in [2.75, 3.05) is 11.4 Å². The molecule has 21 heavy (non-hydrogen) atoms. The Labute approximate surface area is 129 Å². The summed E-state index contributed by atoms with van der Waals surface area (Å²) in [7, 11) is 2.08. The van der Waals surface area contributed by atoms with Crippen LogP contribution >= 0.6 is 0 Å². The van der Waals surface area contributed by atoms with E-state index in [2.05, 4.69) is 61.7 Å². The molecule has 1 aromatic rings. The second-order valence-electron chi connectivity index (χ2n) is 7.51. The maximum absolute atomic E-state index is 4.69. The third-order valence-corrected chi connectivity index (χ3v) is 4.43. The van der Waals surface area contributed by atoms with E-state index in [1.54, 1.807) is 0 Å². The molecule has 1 N–H and O–H groups in total. The first kappa shape index (κ1) is 16.3. The van der Waals surface area contributed by atoms with E-state index in [-0.39, 0.29) is 5.54 Å². The zero-order chi connectivity index (χ0) is 15.6. The van der Waals surface area contributed by atoms with Gasteiger partial charge in [0.1, 0.15) is 5.82 Å². The highest BCUT2D eigenvalue weighted by molar-refractivity contribution is 5.51. The molecule has 4 heteroatoms. The van der Waals surface area contributed by atoms with Gasteiger partial charge in [-0.1, -0.05) is 12.8 Å². The topological polar surface area (TPSA) is 33.1 Å². The zero-order valence-electron chi connectivity index (χ0n) is 14.7. The van der Waals surface area contributed by atoms with Gasteiger partial charge < -0.3 is 10.2 Å². The van der Waals surface area contributed by atoms with E-state index in [1.165, 1.54) is 37.1 Å². The van der Waals surface area contributed by atoms with Crippen molar-refractivity contribution in [1.82, 2.24) is 15.1 Å². The average molecular weight is 292 g/mol. The van der Waals surface area contributed by atoms with E-state index in [9.17, 15) is 0 Å². The first-order valence-corrected chi connectivity index (χ1v) is 8.34. The van der Waals surface area contributed by atoms with E-state index >= 15 is 0 Å². The largest absolute Gasteiger partial charge is 0.354 e. The van der Waals surface area contributed by atoms with E-state index in [1.807, 2.05) is 0 Å². The molecule has 0 radical (unpaired) electrons. The molecule has 2 heterocycles. The van der Waals surface area contributed by atoms with Gasteiger partial charge in [0, 0.05) is 37.3 Å². The number of nitrogens with zero attached hydrogens (tertiary/aromatic N) is 3. The van der Waals surface area contributed by atoms with E-state index < -0.39 is 0 Å². The van der Waals surface area contributed by atoms with Crippen LogP contribution in [-0.4, -0.2) is 27.9 Å². The SMILES string of the molecule is Cc1nn(C)c(N2CCCCCC2C)c1CNC(C)(C)C. The predicted molar refractivity (Wildman–Crippen MR) is 89.8 cm³/mol. The second-order valence-corrected chi connectivity index (χ2v) is 7.51. The van der Waals surface area contributed by atoms with Crippen molar-refractivity contribution in [1.29, 1.82) is 0 Å². The summed E-state index contributed by atoms with van der Waals surface area (Å²) in [6.07, 6.45) is 5.29. The summed E-state index contributed by atoms with van der Waals surface area (Å²) in [5.74, 6) is 1.32. The lowest BCUT2D eigenvalue weighted by molar-refractivity contribution is 0.423. The minimum absolute atomic E-state index is 0.129. The van der Waals surface area contributed by atoms with Crippen LogP contribution in [0, 0.1) is 6.92 Å². The molecule has 1 saturated heterocycles. The van der Waals surface area contributed by atoms with Crippen LogP contribution in [-0.2, 0) is 13.6 Å². The maximum Gasteiger partial charge on any atom is 0.131 e. The van der Waals surface area contributed by atoms with Gasteiger partial charge in [-0.2, -0.15) is 5.10 Å². The number of hydrogen-bond donors (Lipinski definition) is 1. The summed E-state index contributed by atoms with van der Waals surface area (Å²) >= 11 is 0. The number of anilines is 1. The summed E-state index contributed by atoms with van der Waals surface area (Å²) in [5.41, 5.74) is 2.64. The average Bonchev–Trinajstić information content (AvgIpc) is 2.53. The molecule has 1 fully saturated rings. The van der Waals surface area contributed by atoms with Gasteiger partial charge in [0.25, 0.3) is 0 Å². The molecule has 0 aliphatic carbocycles. The lowest BCUT2D eigenvalue weighted by atomic mass is 10.1. The van der Waals surface area contributed by atoms with Crippen LogP contribution in [0.3, 0.4) is 0 Å².